The van der Waals surface area contributed by atoms with Crippen molar-refractivity contribution in [3.05, 3.63) is 23.9 Å². The van der Waals surface area contributed by atoms with Crippen LogP contribution < -0.4 is 4.74 Å². The lowest BCUT2D eigenvalue weighted by Gasteiger charge is -2.52. The van der Waals surface area contributed by atoms with Gasteiger partial charge in [0, 0.05) is 25.4 Å². The van der Waals surface area contributed by atoms with Gasteiger partial charge in [-0.2, -0.15) is 13.2 Å². The molecule has 1 aliphatic carbocycles. The van der Waals surface area contributed by atoms with Crippen molar-refractivity contribution >= 4 is 6.09 Å². The molecular formula is C20H27F3N2O3. The molecule has 1 amide bonds. The molecule has 2 aliphatic rings. The van der Waals surface area contributed by atoms with Gasteiger partial charge in [-0.1, -0.05) is 0 Å². The maximum atomic E-state index is 12.5. The van der Waals surface area contributed by atoms with Gasteiger partial charge in [0.05, 0.1) is 12.2 Å². The summed E-state index contributed by atoms with van der Waals surface area (Å²) < 4.78 is 48.6. The lowest BCUT2D eigenvalue weighted by atomic mass is 9.58. The van der Waals surface area contributed by atoms with Crippen molar-refractivity contribution in [2.45, 2.75) is 58.2 Å². The summed E-state index contributed by atoms with van der Waals surface area (Å²) >= 11 is 0. The minimum atomic E-state index is -4.39. The van der Waals surface area contributed by atoms with E-state index in [0.717, 1.165) is 37.9 Å². The molecule has 5 nitrogen and oxygen atoms in total. The largest absolute Gasteiger partial charge is 0.477 e. The zero-order chi connectivity index (χ0) is 20.6. The minimum absolute atomic E-state index is 0.216. The second-order valence-electron chi connectivity index (χ2n) is 8.94. The van der Waals surface area contributed by atoms with Crippen molar-refractivity contribution in [1.29, 1.82) is 0 Å². The zero-order valence-electron chi connectivity index (χ0n) is 16.5. The van der Waals surface area contributed by atoms with Crippen LogP contribution in [0, 0.1) is 11.3 Å². The third-order valence-corrected chi connectivity index (χ3v) is 5.45. The molecule has 1 aromatic heterocycles. The van der Waals surface area contributed by atoms with E-state index in [2.05, 4.69) is 4.98 Å². The van der Waals surface area contributed by atoms with Gasteiger partial charge < -0.3 is 14.4 Å². The number of likely N-dealkylation sites (tertiary alicyclic amines) is 1. The number of ether oxygens (including phenoxy) is 2. The fourth-order valence-corrected chi connectivity index (χ4v) is 4.02. The molecule has 1 saturated carbocycles. The minimum Gasteiger partial charge on any atom is -0.477 e. The third-order valence-electron chi connectivity index (χ3n) is 5.45. The van der Waals surface area contributed by atoms with Crippen LogP contribution in [0.5, 0.6) is 5.88 Å². The van der Waals surface area contributed by atoms with Gasteiger partial charge in [-0.05, 0) is 63.9 Å². The molecule has 1 aliphatic heterocycles. The van der Waals surface area contributed by atoms with Gasteiger partial charge in [0.1, 0.15) is 5.60 Å². The molecule has 0 unspecified atom stereocenters. The highest BCUT2D eigenvalue weighted by molar-refractivity contribution is 5.68. The highest BCUT2D eigenvalue weighted by Crippen LogP contribution is 2.52. The van der Waals surface area contributed by atoms with Gasteiger partial charge in [0.15, 0.2) is 0 Å². The molecule has 0 aromatic carbocycles. The van der Waals surface area contributed by atoms with Crippen LogP contribution in [-0.4, -0.2) is 41.3 Å². The number of carbonyl (C=O) groups excluding carboxylic acids is 1. The number of pyridine rings is 1. The molecule has 1 saturated heterocycles. The van der Waals surface area contributed by atoms with Crippen LogP contribution >= 0.6 is 0 Å². The number of aromatic nitrogens is 1. The number of hydrogen-bond donors (Lipinski definition) is 0. The SMILES string of the molecule is CC(C)(C)OC(=O)N1CCC2(CC1)CC(COc1ccc(C(F)(F)F)cn1)C2. The van der Waals surface area contributed by atoms with Gasteiger partial charge in [-0.25, -0.2) is 9.78 Å². The van der Waals surface area contributed by atoms with Gasteiger partial charge in [-0.3, -0.25) is 0 Å². The molecule has 0 radical (unpaired) electrons. The van der Waals surface area contributed by atoms with Crippen LogP contribution in [-0.2, 0) is 10.9 Å². The number of hydrogen-bond acceptors (Lipinski definition) is 4. The van der Waals surface area contributed by atoms with Crippen LogP contribution in [0.25, 0.3) is 0 Å². The first-order valence-corrected chi connectivity index (χ1v) is 9.60. The Labute approximate surface area is 163 Å². The quantitative estimate of drug-likeness (QED) is 0.724. The number of rotatable bonds is 3. The Morgan fingerprint density at radius 1 is 1.21 bits per heavy atom. The Morgan fingerprint density at radius 3 is 2.36 bits per heavy atom. The summed E-state index contributed by atoms with van der Waals surface area (Å²) in [6.45, 7) is 7.43. The first-order chi connectivity index (χ1) is 13.0. The monoisotopic (exact) mass is 400 g/mol. The molecule has 1 aromatic rings. The molecule has 0 bridgehead atoms. The maximum absolute atomic E-state index is 12.5. The van der Waals surface area contributed by atoms with Gasteiger partial charge >= 0.3 is 12.3 Å². The van der Waals surface area contributed by atoms with E-state index in [4.69, 9.17) is 9.47 Å². The van der Waals surface area contributed by atoms with Crippen LogP contribution in [0.4, 0.5) is 18.0 Å². The van der Waals surface area contributed by atoms with Crippen molar-refractivity contribution < 1.29 is 27.4 Å². The van der Waals surface area contributed by atoms with Crippen molar-refractivity contribution in [3.63, 3.8) is 0 Å². The standard InChI is InChI=1S/C20H27F3N2O3/c1-18(2,3)28-17(26)25-8-6-19(7-9-25)10-14(11-19)13-27-16-5-4-15(12-24-16)20(21,22)23/h4-5,12,14H,6-11,13H2,1-3H3. The number of carbonyl (C=O) groups is 1. The zero-order valence-corrected chi connectivity index (χ0v) is 16.5. The fourth-order valence-electron chi connectivity index (χ4n) is 4.02. The van der Waals surface area contributed by atoms with E-state index >= 15 is 0 Å². The van der Waals surface area contributed by atoms with Gasteiger partial charge in [0.25, 0.3) is 0 Å². The molecule has 2 heterocycles. The molecule has 156 valence electrons. The smallest absolute Gasteiger partial charge is 0.417 e. The van der Waals surface area contributed by atoms with Gasteiger partial charge in [0.2, 0.25) is 5.88 Å². The summed E-state index contributed by atoms with van der Waals surface area (Å²) in [6, 6.07) is 2.24. The Hall–Kier alpha value is -1.99. The molecule has 3 rings (SSSR count). The van der Waals surface area contributed by atoms with Crippen LogP contribution in [0.1, 0.15) is 52.0 Å². The number of halogens is 3. The number of alkyl halides is 3. The van der Waals surface area contributed by atoms with E-state index in [1.165, 1.54) is 6.07 Å². The van der Waals surface area contributed by atoms with Crippen molar-refractivity contribution in [2.24, 2.45) is 11.3 Å². The topological polar surface area (TPSA) is 51.7 Å². The van der Waals surface area contributed by atoms with E-state index in [1.54, 1.807) is 4.90 Å². The van der Waals surface area contributed by atoms with Crippen molar-refractivity contribution in [1.82, 2.24) is 9.88 Å². The Kier molecular flexibility index (Phi) is 5.51. The summed E-state index contributed by atoms with van der Waals surface area (Å²) in [6.07, 6.45) is 0.0629. The second kappa shape index (κ2) is 7.44. The van der Waals surface area contributed by atoms with Crippen LogP contribution in [0.2, 0.25) is 0 Å². The molecule has 28 heavy (non-hydrogen) atoms. The van der Waals surface area contributed by atoms with Crippen LogP contribution in [0.15, 0.2) is 18.3 Å². The molecule has 0 atom stereocenters. The summed E-state index contributed by atoms with van der Waals surface area (Å²) in [5.74, 6) is 0.589. The fraction of sp³-hybridized carbons (Fsp3) is 0.700. The van der Waals surface area contributed by atoms with E-state index in [-0.39, 0.29) is 17.4 Å². The highest BCUT2D eigenvalue weighted by Gasteiger charge is 2.46. The number of amides is 1. The molecular weight excluding hydrogens is 373 g/mol. The maximum Gasteiger partial charge on any atom is 0.417 e. The predicted octanol–water partition coefficient (Wildman–Crippen LogP) is 4.91. The van der Waals surface area contributed by atoms with E-state index in [0.29, 0.717) is 25.6 Å². The number of nitrogens with zero attached hydrogens (tertiary/aromatic N) is 2. The molecule has 0 N–H and O–H groups in total. The summed E-state index contributed by atoms with van der Waals surface area (Å²) in [7, 11) is 0. The predicted molar refractivity (Wildman–Crippen MR) is 96.9 cm³/mol. The summed E-state index contributed by atoms with van der Waals surface area (Å²) in [5.41, 5.74) is -1.02. The van der Waals surface area contributed by atoms with E-state index in [1.807, 2.05) is 20.8 Å². The normalized spacial score (nSPS) is 20.0. The van der Waals surface area contributed by atoms with Gasteiger partial charge in [-0.15, -0.1) is 0 Å². The molecule has 2 fully saturated rings. The molecule has 1 spiro atoms. The second-order valence-corrected chi connectivity index (χ2v) is 8.94. The van der Waals surface area contributed by atoms with Crippen molar-refractivity contribution in [3.8, 4) is 5.88 Å². The Morgan fingerprint density at radius 2 is 1.86 bits per heavy atom. The lowest BCUT2D eigenvalue weighted by Crippen LogP contribution is -2.50. The summed E-state index contributed by atoms with van der Waals surface area (Å²) in [5, 5.41) is 0. The van der Waals surface area contributed by atoms with E-state index in [9.17, 15) is 18.0 Å². The highest BCUT2D eigenvalue weighted by atomic mass is 19.4. The average molecular weight is 400 g/mol. The number of piperidine rings is 1. The Balaban J connectivity index is 1.40. The first kappa shape index (κ1) is 20.7. The first-order valence-electron chi connectivity index (χ1n) is 9.60. The summed E-state index contributed by atoms with van der Waals surface area (Å²) in [4.78, 5) is 17.7. The van der Waals surface area contributed by atoms with E-state index < -0.39 is 17.3 Å². The average Bonchev–Trinajstić information content (AvgIpc) is 2.56. The third kappa shape index (κ3) is 5.08. The van der Waals surface area contributed by atoms with Crippen LogP contribution in [0.3, 0.4) is 0 Å². The molecule has 8 heteroatoms. The van der Waals surface area contributed by atoms with Crippen molar-refractivity contribution in [2.75, 3.05) is 19.7 Å². The lowest BCUT2D eigenvalue weighted by molar-refractivity contribution is -0.137. The Bertz CT molecular complexity index is 682.